The van der Waals surface area contributed by atoms with Gasteiger partial charge in [-0.05, 0) is 24.3 Å². The van der Waals surface area contributed by atoms with E-state index in [1.807, 2.05) is 30.3 Å². The van der Waals surface area contributed by atoms with Crippen LogP contribution in [0.2, 0.25) is 0 Å². The Kier molecular flexibility index (Phi) is 4.32. The van der Waals surface area contributed by atoms with E-state index in [9.17, 15) is 14.7 Å². The number of para-hydroxylation sites is 2. The minimum Gasteiger partial charge on any atom is -0.477 e. The normalized spacial score (nSPS) is 14.5. The van der Waals surface area contributed by atoms with E-state index in [-0.39, 0.29) is 5.56 Å². The minimum absolute atomic E-state index is 0.262. The van der Waals surface area contributed by atoms with Crippen molar-refractivity contribution >= 4 is 45.2 Å². The van der Waals surface area contributed by atoms with Gasteiger partial charge in [0.15, 0.2) is 0 Å². The molecule has 0 radical (unpaired) electrons. The first-order chi connectivity index (χ1) is 14.9. The van der Waals surface area contributed by atoms with Crippen LogP contribution < -0.4 is 21.0 Å². The number of hydrogen-bond donors (Lipinski definition) is 3. The summed E-state index contributed by atoms with van der Waals surface area (Å²) in [6, 6.07) is 11.4. The van der Waals surface area contributed by atoms with Crippen LogP contribution in [0, 0.1) is 0 Å². The summed E-state index contributed by atoms with van der Waals surface area (Å²) in [5, 5.41) is 9.59. The molecule has 0 aliphatic carbocycles. The Morgan fingerprint density at radius 3 is 2.55 bits per heavy atom. The number of carboxylic acids is 1. The number of aryl methyl sites for hydroxylation is 1. The Bertz CT molecular complexity index is 1350. The molecule has 0 amide bonds. The summed E-state index contributed by atoms with van der Waals surface area (Å²) in [7, 11) is 1.73. The molecule has 3 heterocycles. The van der Waals surface area contributed by atoms with Crippen LogP contribution in [-0.2, 0) is 7.05 Å². The number of aromatic amines is 1. The number of fused-ring (bicyclic) bond motifs is 2. The average molecular weight is 418 g/mol. The fraction of sp³-hybridized carbons (Fsp3) is 0.227. The van der Waals surface area contributed by atoms with Gasteiger partial charge in [0, 0.05) is 44.8 Å². The SMILES string of the molecule is Cn1cc(C(=O)O)c(=O)c2cc(N)c(N3CCN(c4nc5ccccc5[nH]4)CC3)cc21. The smallest absolute Gasteiger partial charge is 0.341 e. The molecule has 9 heteroatoms. The van der Waals surface area contributed by atoms with Crippen LogP contribution in [0.4, 0.5) is 17.3 Å². The predicted octanol–water partition coefficient (Wildman–Crippen LogP) is 2.02. The Hall–Kier alpha value is -4.01. The summed E-state index contributed by atoms with van der Waals surface area (Å²) >= 11 is 0. The Labute approximate surface area is 177 Å². The summed E-state index contributed by atoms with van der Waals surface area (Å²) in [5.74, 6) is -0.386. The second-order valence-corrected chi connectivity index (χ2v) is 7.77. The molecule has 5 rings (SSSR count). The molecule has 0 atom stereocenters. The number of nitrogen functional groups attached to an aromatic ring is 1. The minimum atomic E-state index is -1.24. The van der Waals surface area contributed by atoms with Gasteiger partial charge in [0.25, 0.3) is 0 Å². The molecule has 9 nitrogen and oxygen atoms in total. The number of nitrogens with zero attached hydrogens (tertiary/aromatic N) is 4. The molecule has 4 N–H and O–H groups in total. The summed E-state index contributed by atoms with van der Waals surface area (Å²) in [5.41, 5.74) is 9.42. The van der Waals surface area contributed by atoms with E-state index in [0.717, 1.165) is 48.8 Å². The van der Waals surface area contributed by atoms with Crippen molar-refractivity contribution in [1.29, 1.82) is 0 Å². The topological polar surface area (TPSA) is 120 Å². The number of anilines is 3. The number of nitrogens with two attached hydrogens (primary N) is 1. The zero-order valence-electron chi connectivity index (χ0n) is 17.0. The number of benzene rings is 2. The largest absolute Gasteiger partial charge is 0.477 e. The van der Waals surface area contributed by atoms with Gasteiger partial charge in [-0.2, -0.15) is 0 Å². The van der Waals surface area contributed by atoms with Gasteiger partial charge in [-0.3, -0.25) is 4.79 Å². The first-order valence-corrected chi connectivity index (χ1v) is 10.0. The van der Waals surface area contributed by atoms with Crippen LogP contribution in [0.5, 0.6) is 0 Å². The predicted molar refractivity (Wildman–Crippen MR) is 121 cm³/mol. The van der Waals surface area contributed by atoms with Crippen LogP contribution in [0.25, 0.3) is 21.9 Å². The highest BCUT2D eigenvalue weighted by Crippen LogP contribution is 2.29. The first-order valence-electron chi connectivity index (χ1n) is 10.0. The number of pyridine rings is 1. The third-order valence-corrected chi connectivity index (χ3v) is 5.86. The number of imidazole rings is 1. The standard InChI is InChI=1S/C22H22N6O3/c1-26-12-14(21(30)31)20(29)13-10-15(23)19(11-18(13)26)27-6-8-28(9-7-27)22-24-16-4-2-3-5-17(16)25-22/h2-5,10-12H,6-9,23H2,1H3,(H,24,25)(H,30,31). The van der Waals surface area contributed by atoms with Crippen molar-refractivity contribution < 1.29 is 9.90 Å². The highest BCUT2D eigenvalue weighted by Gasteiger charge is 2.22. The van der Waals surface area contributed by atoms with Gasteiger partial charge in [0.1, 0.15) is 5.56 Å². The summed E-state index contributed by atoms with van der Waals surface area (Å²) in [4.78, 5) is 36.4. The summed E-state index contributed by atoms with van der Waals surface area (Å²) < 4.78 is 1.66. The average Bonchev–Trinajstić information content (AvgIpc) is 3.20. The highest BCUT2D eigenvalue weighted by molar-refractivity contribution is 5.95. The van der Waals surface area contributed by atoms with Crippen molar-refractivity contribution in [2.75, 3.05) is 41.7 Å². The number of nitrogens with one attached hydrogen (secondary N) is 1. The van der Waals surface area contributed by atoms with Crippen molar-refractivity contribution in [2.45, 2.75) is 0 Å². The Balaban J connectivity index is 1.43. The van der Waals surface area contributed by atoms with Crippen molar-refractivity contribution in [3.63, 3.8) is 0 Å². The van der Waals surface area contributed by atoms with Crippen LogP contribution in [0.1, 0.15) is 10.4 Å². The molecule has 158 valence electrons. The van der Waals surface area contributed by atoms with Crippen molar-refractivity contribution in [2.24, 2.45) is 7.05 Å². The number of carbonyl (C=O) groups is 1. The lowest BCUT2D eigenvalue weighted by Gasteiger charge is -2.36. The van der Waals surface area contributed by atoms with Crippen LogP contribution in [0.3, 0.4) is 0 Å². The van der Waals surface area contributed by atoms with Gasteiger partial charge < -0.3 is 30.2 Å². The number of aromatic nitrogens is 3. The number of piperazine rings is 1. The monoisotopic (exact) mass is 418 g/mol. The molecule has 1 aliphatic rings. The third-order valence-electron chi connectivity index (χ3n) is 5.86. The van der Waals surface area contributed by atoms with Gasteiger partial charge in [-0.25, -0.2) is 9.78 Å². The molecule has 0 saturated carbocycles. The molecule has 4 aromatic rings. The van der Waals surface area contributed by atoms with E-state index in [2.05, 4.69) is 19.8 Å². The summed E-state index contributed by atoms with van der Waals surface area (Å²) in [6.07, 6.45) is 1.35. The lowest BCUT2D eigenvalue weighted by Crippen LogP contribution is -2.47. The van der Waals surface area contributed by atoms with Gasteiger partial charge in [0.2, 0.25) is 11.4 Å². The van der Waals surface area contributed by atoms with Crippen LogP contribution in [0.15, 0.2) is 47.4 Å². The molecular formula is C22H22N6O3. The molecule has 1 aliphatic heterocycles. The van der Waals surface area contributed by atoms with E-state index < -0.39 is 11.4 Å². The number of rotatable bonds is 3. The Morgan fingerprint density at radius 1 is 1.13 bits per heavy atom. The molecule has 0 bridgehead atoms. The molecular weight excluding hydrogens is 396 g/mol. The van der Waals surface area contributed by atoms with Crippen molar-refractivity contribution in [1.82, 2.24) is 14.5 Å². The maximum absolute atomic E-state index is 12.6. The number of carboxylic acid groups (broad SMARTS) is 1. The lowest BCUT2D eigenvalue weighted by molar-refractivity contribution is 0.0695. The van der Waals surface area contributed by atoms with E-state index >= 15 is 0 Å². The molecule has 1 fully saturated rings. The maximum Gasteiger partial charge on any atom is 0.341 e. The van der Waals surface area contributed by atoms with Gasteiger partial charge in [0.05, 0.1) is 27.9 Å². The van der Waals surface area contributed by atoms with Gasteiger partial charge in [-0.15, -0.1) is 0 Å². The van der Waals surface area contributed by atoms with E-state index in [4.69, 9.17) is 5.73 Å². The zero-order chi connectivity index (χ0) is 21.7. The molecule has 2 aromatic carbocycles. The lowest BCUT2D eigenvalue weighted by atomic mass is 10.1. The Morgan fingerprint density at radius 2 is 1.84 bits per heavy atom. The quantitative estimate of drug-likeness (QED) is 0.435. The maximum atomic E-state index is 12.6. The third kappa shape index (κ3) is 3.14. The van der Waals surface area contributed by atoms with E-state index in [1.54, 1.807) is 17.7 Å². The molecule has 0 unspecified atom stereocenters. The highest BCUT2D eigenvalue weighted by atomic mass is 16.4. The van der Waals surface area contributed by atoms with Crippen LogP contribution >= 0.6 is 0 Å². The van der Waals surface area contributed by atoms with Gasteiger partial charge in [-0.1, -0.05) is 12.1 Å². The van der Waals surface area contributed by atoms with Crippen molar-refractivity contribution in [3.8, 4) is 0 Å². The number of aromatic carboxylic acids is 1. The zero-order valence-corrected chi connectivity index (χ0v) is 17.0. The van der Waals surface area contributed by atoms with E-state index in [0.29, 0.717) is 16.6 Å². The number of hydrogen-bond acceptors (Lipinski definition) is 6. The summed E-state index contributed by atoms with van der Waals surface area (Å²) in [6.45, 7) is 3.03. The molecule has 2 aromatic heterocycles. The fourth-order valence-corrected chi connectivity index (χ4v) is 4.21. The second-order valence-electron chi connectivity index (χ2n) is 7.77. The number of H-pyrrole nitrogens is 1. The van der Waals surface area contributed by atoms with Crippen LogP contribution in [-0.4, -0.2) is 51.8 Å². The molecule has 0 spiro atoms. The second kappa shape index (κ2) is 7.05. The fourth-order valence-electron chi connectivity index (χ4n) is 4.21. The molecule has 1 saturated heterocycles. The molecule has 31 heavy (non-hydrogen) atoms. The van der Waals surface area contributed by atoms with Crippen molar-refractivity contribution in [3.05, 3.63) is 58.4 Å². The first kappa shape index (κ1) is 19.0. The van der Waals surface area contributed by atoms with E-state index in [1.165, 1.54) is 6.20 Å². The van der Waals surface area contributed by atoms with Gasteiger partial charge >= 0.3 is 5.97 Å².